The van der Waals surface area contributed by atoms with Crippen molar-refractivity contribution in [2.45, 2.75) is 247 Å². The minimum absolute atomic E-state index is 0.157. The summed E-state index contributed by atoms with van der Waals surface area (Å²) in [5, 5.41) is 120. The first-order valence-corrected chi connectivity index (χ1v) is 29.0. The van der Waals surface area contributed by atoms with Crippen molar-refractivity contribution in [3.05, 3.63) is 97.2 Å². The van der Waals surface area contributed by atoms with Crippen LogP contribution in [0.2, 0.25) is 0 Å². The summed E-state index contributed by atoms with van der Waals surface area (Å²) in [5.74, 6) is -0.340. The van der Waals surface area contributed by atoms with Gasteiger partial charge in [-0.05, 0) is 70.6 Å². The minimum Gasteiger partial charge on any atom is -0.394 e. The molecule has 1 amide bonds. The number of nitrogens with one attached hydrogen (secondary N) is 1. The third-order valence-corrected chi connectivity index (χ3v) is 13.9. The molecule has 3 heterocycles. The molecule has 0 radical (unpaired) electrons. The summed E-state index contributed by atoms with van der Waals surface area (Å²) in [6, 6.07) is -1.01. The molecule has 0 aromatic carbocycles. The smallest absolute Gasteiger partial charge is 0.220 e. The highest BCUT2D eigenvalue weighted by Crippen LogP contribution is 2.33. The van der Waals surface area contributed by atoms with Crippen LogP contribution in [0, 0.1) is 0 Å². The predicted octanol–water partition coefficient (Wildman–Crippen LogP) is 4.59. The van der Waals surface area contributed by atoms with Crippen LogP contribution in [-0.2, 0) is 33.2 Å². The van der Waals surface area contributed by atoms with Crippen molar-refractivity contribution in [1.82, 2.24) is 5.32 Å². The Balaban J connectivity index is 1.51. The van der Waals surface area contributed by atoms with E-state index in [-0.39, 0.29) is 18.9 Å². The molecular formula is C60H99NO18. The van der Waals surface area contributed by atoms with Crippen molar-refractivity contribution >= 4 is 5.91 Å². The summed E-state index contributed by atoms with van der Waals surface area (Å²) in [6.07, 6.45) is 25.5. The van der Waals surface area contributed by atoms with E-state index in [0.29, 0.717) is 12.8 Å². The van der Waals surface area contributed by atoms with E-state index >= 15 is 0 Å². The fraction of sp³-hybridized carbons (Fsp3) is 0.717. The van der Waals surface area contributed by atoms with Crippen LogP contribution in [0.5, 0.6) is 0 Å². The van der Waals surface area contributed by atoms with Gasteiger partial charge in [0, 0.05) is 6.42 Å². The van der Waals surface area contributed by atoms with Gasteiger partial charge in [-0.2, -0.15) is 0 Å². The van der Waals surface area contributed by atoms with Crippen LogP contribution < -0.4 is 5.32 Å². The Hall–Kier alpha value is -3.29. The lowest BCUT2D eigenvalue weighted by molar-refractivity contribution is -0.379. The lowest BCUT2D eigenvalue weighted by Crippen LogP contribution is -2.66. The monoisotopic (exact) mass is 1120 g/mol. The quantitative estimate of drug-likeness (QED) is 0.0295. The van der Waals surface area contributed by atoms with Crippen molar-refractivity contribution in [3.63, 3.8) is 0 Å². The topological polar surface area (TPSA) is 307 Å². The second-order valence-electron chi connectivity index (χ2n) is 20.4. The number of amides is 1. The average Bonchev–Trinajstić information content (AvgIpc) is 3.49. The summed E-state index contributed by atoms with van der Waals surface area (Å²) >= 11 is 0. The molecule has 3 aliphatic rings. The normalized spacial score (nSPS) is 31.0. The minimum atomic E-state index is -1.99. The number of carbonyl (C=O) groups excluding carboxylic acids is 1. The molecule has 17 atom stereocenters. The van der Waals surface area contributed by atoms with Crippen molar-refractivity contribution in [2.75, 3.05) is 26.4 Å². The van der Waals surface area contributed by atoms with Gasteiger partial charge >= 0.3 is 0 Å². The molecule has 12 N–H and O–H groups in total. The van der Waals surface area contributed by atoms with Gasteiger partial charge in [-0.15, -0.1) is 0 Å². The van der Waals surface area contributed by atoms with E-state index in [1.54, 1.807) is 6.08 Å². The SMILES string of the molecule is CC/C=C\C/C=C\C/C=C\C/C=C\C/C=C\C/C=C\C/C=C\CCCC(=O)NC(COC1OC(CO)C(OC2OC(CO)C(OC3OC(CO)C(O)C(O)C3O)C(O)C2O)C(O)C1O)C(O)/C=C/CCCCCCCCCCC. The molecule has 0 bridgehead atoms. The van der Waals surface area contributed by atoms with Crippen molar-refractivity contribution in [3.8, 4) is 0 Å². The molecule has 452 valence electrons. The average molecular weight is 1120 g/mol. The summed E-state index contributed by atoms with van der Waals surface area (Å²) in [4.78, 5) is 13.3. The van der Waals surface area contributed by atoms with E-state index in [1.165, 1.54) is 38.5 Å². The molecule has 3 rings (SSSR count). The Morgan fingerprint density at radius 3 is 1.35 bits per heavy atom. The van der Waals surface area contributed by atoms with Crippen LogP contribution in [0.15, 0.2) is 97.2 Å². The number of hydrogen-bond acceptors (Lipinski definition) is 18. The van der Waals surface area contributed by atoms with E-state index in [1.807, 2.05) is 18.2 Å². The molecule has 0 aliphatic carbocycles. The first-order valence-electron chi connectivity index (χ1n) is 29.0. The van der Waals surface area contributed by atoms with Gasteiger partial charge in [-0.1, -0.05) is 162 Å². The lowest BCUT2D eigenvalue weighted by Gasteiger charge is -2.48. The Kier molecular flexibility index (Phi) is 37.7. The molecule has 0 saturated carbocycles. The van der Waals surface area contributed by atoms with Crippen LogP contribution in [0.25, 0.3) is 0 Å². The second kappa shape index (κ2) is 42.5. The van der Waals surface area contributed by atoms with Gasteiger partial charge in [0.25, 0.3) is 0 Å². The maximum atomic E-state index is 13.3. The van der Waals surface area contributed by atoms with Gasteiger partial charge in [-0.3, -0.25) is 4.79 Å². The Morgan fingerprint density at radius 2 is 0.873 bits per heavy atom. The molecule has 19 heteroatoms. The van der Waals surface area contributed by atoms with Crippen LogP contribution in [0.4, 0.5) is 0 Å². The molecule has 3 aliphatic heterocycles. The van der Waals surface area contributed by atoms with Gasteiger partial charge in [0.15, 0.2) is 18.9 Å². The molecule has 3 fully saturated rings. The third kappa shape index (κ3) is 26.7. The number of carbonyl (C=O) groups is 1. The van der Waals surface area contributed by atoms with Crippen LogP contribution in [0.1, 0.15) is 142 Å². The molecule has 79 heavy (non-hydrogen) atoms. The highest BCUT2D eigenvalue weighted by atomic mass is 16.8. The Bertz CT molecular complexity index is 1820. The fourth-order valence-corrected chi connectivity index (χ4v) is 9.12. The van der Waals surface area contributed by atoms with Gasteiger partial charge in [-0.25, -0.2) is 0 Å². The number of unbranched alkanes of at least 4 members (excludes halogenated alkanes) is 10. The van der Waals surface area contributed by atoms with E-state index in [0.717, 1.165) is 70.6 Å². The summed E-state index contributed by atoms with van der Waals surface area (Å²) in [6.45, 7) is 1.50. The van der Waals surface area contributed by atoms with E-state index < -0.39 is 124 Å². The largest absolute Gasteiger partial charge is 0.394 e. The van der Waals surface area contributed by atoms with Crippen LogP contribution in [-0.4, -0.2) is 193 Å². The number of rotatable bonds is 40. The van der Waals surface area contributed by atoms with Crippen LogP contribution in [0.3, 0.4) is 0 Å². The highest BCUT2D eigenvalue weighted by molar-refractivity contribution is 5.76. The van der Waals surface area contributed by atoms with Crippen molar-refractivity contribution < 1.29 is 89.4 Å². The van der Waals surface area contributed by atoms with Gasteiger partial charge < -0.3 is 89.9 Å². The molecule has 19 nitrogen and oxygen atoms in total. The maximum Gasteiger partial charge on any atom is 0.220 e. The molecular weight excluding hydrogens is 1020 g/mol. The molecule has 0 aromatic rings. The number of aliphatic hydroxyl groups is 11. The number of hydrogen-bond donors (Lipinski definition) is 12. The van der Waals surface area contributed by atoms with Gasteiger partial charge in [0.05, 0.1) is 38.6 Å². The first-order chi connectivity index (χ1) is 38.3. The second-order valence-corrected chi connectivity index (χ2v) is 20.4. The van der Waals surface area contributed by atoms with Crippen molar-refractivity contribution in [2.24, 2.45) is 0 Å². The zero-order valence-corrected chi connectivity index (χ0v) is 46.8. The zero-order valence-electron chi connectivity index (χ0n) is 46.8. The summed E-state index contributed by atoms with van der Waals surface area (Å²) in [5.41, 5.74) is 0. The number of allylic oxidation sites excluding steroid dienone is 15. The maximum absolute atomic E-state index is 13.3. The molecule has 0 aromatic heterocycles. The van der Waals surface area contributed by atoms with E-state index in [4.69, 9.17) is 28.4 Å². The van der Waals surface area contributed by atoms with Gasteiger partial charge in [0.1, 0.15) is 73.2 Å². The molecule has 17 unspecified atom stereocenters. The zero-order chi connectivity index (χ0) is 57.6. The Labute approximate surface area is 469 Å². The lowest BCUT2D eigenvalue weighted by atomic mass is 9.96. The summed E-state index contributed by atoms with van der Waals surface area (Å²) in [7, 11) is 0. The number of ether oxygens (including phenoxy) is 6. The fourth-order valence-electron chi connectivity index (χ4n) is 9.12. The number of aliphatic hydroxyl groups excluding tert-OH is 11. The molecule has 3 saturated heterocycles. The molecule has 0 spiro atoms. The van der Waals surface area contributed by atoms with E-state index in [2.05, 4.69) is 92.1 Å². The predicted molar refractivity (Wildman–Crippen MR) is 300 cm³/mol. The van der Waals surface area contributed by atoms with E-state index in [9.17, 15) is 61.0 Å². The van der Waals surface area contributed by atoms with Gasteiger partial charge in [0.2, 0.25) is 5.91 Å². The third-order valence-electron chi connectivity index (χ3n) is 13.9. The standard InChI is InChI=1S/C60H99NO18/c1-3-5-7-9-11-13-15-16-17-18-19-20-21-22-23-24-25-26-28-30-32-34-36-38-48(66)61-43(44(65)37-35-33-31-29-27-14-12-10-8-6-4-2)42-74-58-54(72)51(69)56(46(40-63)76-58)79-60-55(73)52(70)57(47(41-64)77-60)78-59-53(71)50(68)49(67)45(39-62)75-59/h5,7,11,13,16-17,19-20,22-23,25-26,30,32,35,37,43-47,49-60,62-65,67-73H,3-4,6,8-10,12,14-15,18,21,24,27-29,31,33-34,36,38-42H2,1-2H3,(H,61,66)/b7-5-,13-11-,17-16-,20-19-,23-22-,26-25-,32-30-,37-35+. The Morgan fingerprint density at radius 1 is 0.468 bits per heavy atom. The van der Waals surface area contributed by atoms with Crippen molar-refractivity contribution in [1.29, 1.82) is 0 Å². The highest BCUT2D eigenvalue weighted by Gasteiger charge is 2.53. The first kappa shape index (κ1) is 70.0. The summed E-state index contributed by atoms with van der Waals surface area (Å²) < 4.78 is 34.1. The van der Waals surface area contributed by atoms with Crippen LogP contribution >= 0.6 is 0 Å².